The second-order valence-corrected chi connectivity index (χ2v) is 9.37. The largest absolute Gasteiger partial charge is 0.486 e. The molecule has 3 heterocycles. The van der Waals surface area contributed by atoms with Gasteiger partial charge in [0.2, 0.25) is 0 Å². The van der Waals surface area contributed by atoms with Crippen LogP contribution >= 0.6 is 0 Å². The molecule has 2 aromatic carbocycles. The molecule has 0 spiro atoms. The van der Waals surface area contributed by atoms with Gasteiger partial charge in [-0.05, 0) is 67.9 Å². The van der Waals surface area contributed by atoms with Gasteiger partial charge in [-0.25, -0.2) is 0 Å². The van der Waals surface area contributed by atoms with Crippen molar-refractivity contribution in [1.82, 2.24) is 10.2 Å². The molecule has 7 nitrogen and oxygen atoms in total. The van der Waals surface area contributed by atoms with Crippen LogP contribution in [0.5, 0.6) is 11.5 Å². The Morgan fingerprint density at radius 1 is 0.974 bits per heavy atom. The highest BCUT2D eigenvalue weighted by Gasteiger charge is 2.46. The Bertz CT molecular complexity index is 1320. The van der Waals surface area contributed by atoms with E-state index >= 15 is 8.78 Å². The van der Waals surface area contributed by atoms with Crippen LogP contribution in [0, 0.1) is 0 Å². The Balaban J connectivity index is 1.39. The minimum atomic E-state index is -4.67. The summed E-state index contributed by atoms with van der Waals surface area (Å²) >= 11 is 0. The standard InChI is InChI=1S/C26H25F5N2O5/c27-25(28,22-13-16-11-17(26(29,30)31)4-6-19(16)38-22)24(35)32-18(14-33-7-1-2-8-33)23(34)15-3-5-20-21(12-15)37-10-9-36-20/h3-6,11-13,18,23,34H,1-2,7-10,14H2,(H,32,35)/t18-,23-/m1/s1. The number of aliphatic hydroxyl groups excluding tert-OH is 1. The number of carbonyl (C=O) groups is 1. The number of hydrogen-bond acceptors (Lipinski definition) is 6. The smallest absolute Gasteiger partial charge is 0.416 e. The maximum Gasteiger partial charge on any atom is 0.416 e. The van der Waals surface area contributed by atoms with E-state index in [4.69, 9.17) is 13.9 Å². The molecule has 0 unspecified atom stereocenters. The van der Waals surface area contributed by atoms with Gasteiger partial charge in [-0.15, -0.1) is 0 Å². The molecule has 0 saturated carbocycles. The van der Waals surface area contributed by atoms with Crippen LogP contribution in [0.1, 0.15) is 35.8 Å². The quantitative estimate of drug-likeness (QED) is 0.426. The first-order chi connectivity index (χ1) is 18.0. The third-order valence-corrected chi connectivity index (χ3v) is 6.70. The number of nitrogens with one attached hydrogen (secondary N) is 1. The highest BCUT2D eigenvalue weighted by Crippen LogP contribution is 2.37. The molecule has 12 heteroatoms. The lowest BCUT2D eigenvalue weighted by molar-refractivity contribution is -0.151. The molecule has 204 valence electrons. The van der Waals surface area contributed by atoms with E-state index in [0.717, 1.165) is 25.0 Å². The van der Waals surface area contributed by atoms with Crippen LogP contribution in [0.3, 0.4) is 0 Å². The Labute approximate surface area is 214 Å². The van der Waals surface area contributed by atoms with Crippen LogP contribution in [0.2, 0.25) is 0 Å². The fourth-order valence-corrected chi connectivity index (χ4v) is 4.69. The number of aliphatic hydroxyl groups is 1. The number of alkyl halides is 5. The monoisotopic (exact) mass is 540 g/mol. The minimum absolute atomic E-state index is 0.104. The number of likely N-dealkylation sites (tertiary alicyclic amines) is 1. The molecule has 38 heavy (non-hydrogen) atoms. The first-order valence-electron chi connectivity index (χ1n) is 12.1. The Hall–Kier alpha value is -3.38. The Morgan fingerprint density at radius 2 is 1.68 bits per heavy atom. The second-order valence-electron chi connectivity index (χ2n) is 9.37. The number of ether oxygens (including phenoxy) is 2. The summed E-state index contributed by atoms with van der Waals surface area (Å²) in [6.45, 7) is 2.15. The van der Waals surface area contributed by atoms with Crippen molar-refractivity contribution in [3.05, 3.63) is 59.4 Å². The number of benzene rings is 2. The fourth-order valence-electron chi connectivity index (χ4n) is 4.69. The SMILES string of the molecule is O=C(N[C@H](CN1CCCC1)[C@H](O)c1ccc2c(c1)OCCO2)C(F)(F)c1cc2cc(C(F)(F)F)ccc2o1. The number of hydrogen-bond donors (Lipinski definition) is 2. The van der Waals surface area contributed by atoms with Gasteiger partial charge in [0.25, 0.3) is 5.91 Å². The predicted molar refractivity (Wildman–Crippen MR) is 125 cm³/mol. The van der Waals surface area contributed by atoms with Gasteiger partial charge in [-0.2, -0.15) is 22.0 Å². The normalized spacial score (nSPS) is 17.9. The summed E-state index contributed by atoms with van der Waals surface area (Å²) in [5.41, 5.74) is -0.908. The highest BCUT2D eigenvalue weighted by atomic mass is 19.4. The van der Waals surface area contributed by atoms with Crippen molar-refractivity contribution in [3.8, 4) is 11.5 Å². The molecule has 0 aliphatic carbocycles. The maximum absolute atomic E-state index is 15.2. The van der Waals surface area contributed by atoms with Gasteiger partial charge in [0, 0.05) is 11.9 Å². The minimum Gasteiger partial charge on any atom is -0.486 e. The summed E-state index contributed by atoms with van der Waals surface area (Å²) in [5.74, 6) is -6.18. The van der Waals surface area contributed by atoms with Crippen LogP contribution < -0.4 is 14.8 Å². The number of furan rings is 1. The van der Waals surface area contributed by atoms with Crippen LogP contribution in [0.25, 0.3) is 11.0 Å². The lowest BCUT2D eigenvalue weighted by atomic mass is 10.00. The van der Waals surface area contributed by atoms with Crippen molar-refractivity contribution in [2.75, 3.05) is 32.8 Å². The van der Waals surface area contributed by atoms with Crippen LogP contribution in [-0.4, -0.2) is 54.8 Å². The van der Waals surface area contributed by atoms with E-state index in [1.54, 1.807) is 12.1 Å². The molecule has 3 aromatic rings. The zero-order valence-corrected chi connectivity index (χ0v) is 20.1. The number of carbonyl (C=O) groups excluding carboxylic acids is 1. The summed E-state index contributed by atoms with van der Waals surface area (Å²) < 4.78 is 85.6. The van der Waals surface area contributed by atoms with Crippen molar-refractivity contribution in [2.45, 2.75) is 37.1 Å². The van der Waals surface area contributed by atoms with Crippen molar-refractivity contribution in [1.29, 1.82) is 0 Å². The number of fused-ring (bicyclic) bond motifs is 2. The lowest BCUT2D eigenvalue weighted by Crippen LogP contribution is -2.50. The van der Waals surface area contributed by atoms with Crippen molar-refractivity contribution in [2.24, 2.45) is 0 Å². The Kier molecular flexibility index (Phi) is 6.95. The molecule has 2 aliphatic rings. The van der Waals surface area contributed by atoms with E-state index in [0.29, 0.717) is 55.5 Å². The first kappa shape index (κ1) is 26.2. The van der Waals surface area contributed by atoms with Gasteiger partial charge in [-0.1, -0.05) is 6.07 Å². The van der Waals surface area contributed by atoms with Gasteiger partial charge >= 0.3 is 12.1 Å². The Morgan fingerprint density at radius 3 is 2.39 bits per heavy atom. The number of rotatable bonds is 7. The molecule has 1 amide bonds. The van der Waals surface area contributed by atoms with Gasteiger partial charge in [-0.3, -0.25) is 4.79 Å². The van der Waals surface area contributed by atoms with Gasteiger partial charge in [0.15, 0.2) is 17.3 Å². The van der Waals surface area contributed by atoms with Crippen molar-refractivity contribution in [3.63, 3.8) is 0 Å². The van der Waals surface area contributed by atoms with Crippen LogP contribution in [0.4, 0.5) is 22.0 Å². The molecular weight excluding hydrogens is 515 g/mol. The number of halogens is 5. The molecule has 2 N–H and O–H groups in total. The molecule has 1 fully saturated rings. The number of amides is 1. The molecule has 0 bridgehead atoms. The molecule has 2 atom stereocenters. The molecule has 0 radical (unpaired) electrons. The maximum atomic E-state index is 15.2. The van der Waals surface area contributed by atoms with Crippen LogP contribution in [0.15, 0.2) is 46.9 Å². The zero-order valence-electron chi connectivity index (χ0n) is 20.1. The van der Waals surface area contributed by atoms with E-state index in [1.807, 2.05) is 4.90 Å². The summed E-state index contributed by atoms with van der Waals surface area (Å²) in [7, 11) is 0. The summed E-state index contributed by atoms with van der Waals surface area (Å²) in [4.78, 5) is 14.8. The van der Waals surface area contributed by atoms with Crippen molar-refractivity contribution < 1.29 is 45.7 Å². The van der Waals surface area contributed by atoms with E-state index in [-0.39, 0.29) is 17.5 Å². The molecule has 5 rings (SSSR count). The van der Waals surface area contributed by atoms with E-state index in [9.17, 15) is 23.1 Å². The van der Waals surface area contributed by atoms with Crippen molar-refractivity contribution >= 4 is 16.9 Å². The molecule has 1 saturated heterocycles. The number of nitrogens with zero attached hydrogens (tertiary/aromatic N) is 1. The summed E-state index contributed by atoms with van der Waals surface area (Å²) in [6.07, 6.45) is -4.24. The lowest BCUT2D eigenvalue weighted by Gasteiger charge is -2.30. The fraction of sp³-hybridized carbons (Fsp3) is 0.423. The zero-order chi connectivity index (χ0) is 27.1. The van der Waals surface area contributed by atoms with Gasteiger partial charge in [0.05, 0.1) is 11.6 Å². The van der Waals surface area contributed by atoms with E-state index in [1.165, 1.54) is 6.07 Å². The first-order valence-corrected chi connectivity index (χ1v) is 12.1. The molecule has 2 aliphatic heterocycles. The van der Waals surface area contributed by atoms with E-state index in [2.05, 4.69) is 5.32 Å². The third-order valence-electron chi connectivity index (χ3n) is 6.70. The van der Waals surface area contributed by atoms with Gasteiger partial charge < -0.3 is 29.2 Å². The van der Waals surface area contributed by atoms with Crippen LogP contribution in [-0.2, 0) is 16.9 Å². The van der Waals surface area contributed by atoms with Gasteiger partial charge in [0.1, 0.15) is 24.9 Å². The topological polar surface area (TPSA) is 84.2 Å². The molecule has 1 aromatic heterocycles. The second kappa shape index (κ2) is 10.1. The summed E-state index contributed by atoms with van der Waals surface area (Å²) in [6, 6.07) is 6.61. The third kappa shape index (κ3) is 5.28. The summed E-state index contributed by atoms with van der Waals surface area (Å²) in [5, 5.41) is 13.2. The molecular formula is C26H25F5N2O5. The average Bonchev–Trinajstić information content (AvgIpc) is 3.56. The average molecular weight is 540 g/mol. The predicted octanol–water partition coefficient (Wildman–Crippen LogP) is 4.63. The van der Waals surface area contributed by atoms with E-state index < -0.39 is 41.5 Å². The highest BCUT2D eigenvalue weighted by molar-refractivity contribution is 5.87.